The number of aliphatic carboxylic acids is 1. The lowest BCUT2D eigenvalue weighted by Gasteiger charge is -2.16. The summed E-state index contributed by atoms with van der Waals surface area (Å²) in [6.07, 6.45) is 2.65. The Hall–Kier alpha value is -4.25. The van der Waals surface area contributed by atoms with Crippen LogP contribution in [0, 0.1) is 0 Å². The van der Waals surface area contributed by atoms with Crippen LogP contribution in [0.5, 0.6) is 23.0 Å². The molecular weight excluding hydrogens is 404 g/mol. The summed E-state index contributed by atoms with van der Waals surface area (Å²) in [5, 5.41) is 10.7. The maximum atomic E-state index is 10.7. The van der Waals surface area contributed by atoms with Crippen molar-refractivity contribution in [3.8, 4) is 34.1 Å². The minimum atomic E-state index is -0.987. The summed E-state index contributed by atoms with van der Waals surface area (Å²) in [7, 11) is 3.28. The molecule has 160 valence electrons. The molecule has 5 heteroatoms. The summed E-state index contributed by atoms with van der Waals surface area (Å²) in [6.45, 7) is 0. The molecule has 5 nitrogen and oxygen atoms in total. The zero-order chi connectivity index (χ0) is 22.5. The minimum absolute atomic E-state index is 0.643. The van der Waals surface area contributed by atoms with E-state index in [1.165, 1.54) is 6.08 Å². The Morgan fingerprint density at radius 3 is 2.25 bits per heavy atom. The maximum Gasteiger partial charge on any atom is 0.328 e. The van der Waals surface area contributed by atoms with Crippen molar-refractivity contribution in [3.63, 3.8) is 0 Å². The maximum absolute atomic E-state index is 10.7. The van der Waals surface area contributed by atoms with Gasteiger partial charge in [0.05, 0.1) is 14.2 Å². The van der Waals surface area contributed by atoms with Gasteiger partial charge in [-0.3, -0.25) is 0 Å². The Morgan fingerprint density at radius 1 is 0.812 bits per heavy atom. The first-order valence-electron chi connectivity index (χ1n) is 10.0. The van der Waals surface area contributed by atoms with Crippen LogP contribution in [0.2, 0.25) is 0 Å². The molecule has 4 rings (SSSR count). The standard InChI is InChI=1S/C27H22O5/c1-30-22-5-3-4-19(16-22)24-13-9-20-17-23(31-2)12-14-25(20)27(24)32-21-10-6-18(7-11-21)8-15-26(28)29/h3-17H,1-2H3,(H,28,29). The topological polar surface area (TPSA) is 65.0 Å². The van der Waals surface area contributed by atoms with E-state index in [4.69, 9.17) is 19.3 Å². The molecule has 0 radical (unpaired) electrons. The second-order valence-electron chi connectivity index (χ2n) is 7.10. The predicted molar refractivity (Wildman–Crippen MR) is 126 cm³/mol. The van der Waals surface area contributed by atoms with Crippen LogP contribution in [-0.4, -0.2) is 25.3 Å². The molecule has 0 aliphatic heterocycles. The Bertz CT molecular complexity index is 1290. The average Bonchev–Trinajstić information content (AvgIpc) is 2.83. The normalized spacial score (nSPS) is 10.9. The van der Waals surface area contributed by atoms with E-state index in [0.29, 0.717) is 11.5 Å². The first kappa shape index (κ1) is 21.0. The van der Waals surface area contributed by atoms with Gasteiger partial charge in [-0.25, -0.2) is 4.79 Å². The fourth-order valence-electron chi connectivity index (χ4n) is 3.47. The molecule has 0 unspecified atom stereocenters. The van der Waals surface area contributed by atoms with Gasteiger partial charge < -0.3 is 19.3 Å². The molecule has 1 N–H and O–H groups in total. The number of methoxy groups -OCH3 is 2. The molecule has 0 aromatic heterocycles. The Labute approximate surface area is 186 Å². The third kappa shape index (κ3) is 4.57. The Morgan fingerprint density at radius 2 is 1.53 bits per heavy atom. The van der Waals surface area contributed by atoms with Crippen molar-refractivity contribution in [1.29, 1.82) is 0 Å². The van der Waals surface area contributed by atoms with E-state index < -0.39 is 5.97 Å². The smallest absolute Gasteiger partial charge is 0.328 e. The van der Waals surface area contributed by atoms with Crippen molar-refractivity contribution in [1.82, 2.24) is 0 Å². The average molecular weight is 426 g/mol. The number of rotatable bonds is 7. The van der Waals surface area contributed by atoms with Crippen molar-refractivity contribution in [3.05, 3.63) is 90.5 Å². The summed E-state index contributed by atoms with van der Waals surface area (Å²) in [4.78, 5) is 10.7. The number of benzene rings is 4. The van der Waals surface area contributed by atoms with E-state index in [1.54, 1.807) is 14.2 Å². The highest BCUT2D eigenvalue weighted by Gasteiger charge is 2.14. The van der Waals surface area contributed by atoms with Crippen molar-refractivity contribution < 1.29 is 24.1 Å². The summed E-state index contributed by atoms with van der Waals surface area (Å²) in [5.41, 5.74) is 2.67. The molecule has 0 aliphatic carbocycles. The van der Waals surface area contributed by atoms with E-state index in [2.05, 4.69) is 0 Å². The van der Waals surface area contributed by atoms with Crippen LogP contribution in [0.15, 0.2) is 84.9 Å². The van der Waals surface area contributed by atoms with E-state index in [9.17, 15) is 4.79 Å². The lowest BCUT2D eigenvalue weighted by molar-refractivity contribution is -0.131. The molecule has 0 saturated carbocycles. The lowest BCUT2D eigenvalue weighted by Crippen LogP contribution is -1.92. The summed E-state index contributed by atoms with van der Waals surface area (Å²) in [5.74, 6) is 1.90. The highest BCUT2D eigenvalue weighted by Crippen LogP contribution is 2.41. The summed E-state index contributed by atoms with van der Waals surface area (Å²) >= 11 is 0. The monoisotopic (exact) mass is 426 g/mol. The third-order valence-electron chi connectivity index (χ3n) is 5.08. The van der Waals surface area contributed by atoms with Gasteiger partial charge in [0.15, 0.2) is 0 Å². The molecule has 0 amide bonds. The predicted octanol–water partition coefficient (Wildman–Crippen LogP) is 6.41. The SMILES string of the molecule is COc1cccc(-c2ccc3cc(OC)ccc3c2Oc2ccc(C=CC(=O)O)cc2)c1. The molecule has 0 fully saturated rings. The van der Waals surface area contributed by atoms with E-state index in [1.807, 2.05) is 78.9 Å². The fraction of sp³-hybridized carbons (Fsp3) is 0.0741. The van der Waals surface area contributed by atoms with Crippen molar-refractivity contribution in [2.75, 3.05) is 14.2 Å². The summed E-state index contributed by atoms with van der Waals surface area (Å²) < 4.78 is 17.2. The largest absolute Gasteiger partial charge is 0.497 e. The minimum Gasteiger partial charge on any atom is -0.497 e. The molecule has 0 atom stereocenters. The van der Waals surface area contributed by atoms with E-state index in [-0.39, 0.29) is 0 Å². The van der Waals surface area contributed by atoms with Crippen LogP contribution in [0.3, 0.4) is 0 Å². The van der Waals surface area contributed by atoms with Crippen molar-refractivity contribution >= 4 is 22.8 Å². The number of carboxylic acids is 1. The van der Waals surface area contributed by atoms with Gasteiger partial charge >= 0.3 is 5.97 Å². The number of hydrogen-bond acceptors (Lipinski definition) is 4. The fourth-order valence-corrected chi connectivity index (χ4v) is 3.47. The van der Waals surface area contributed by atoms with Gasteiger partial charge in [-0.05, 0) is 71.1 Å². The second kappa shape index (κ2) is 9.27. The molecule has 0 saturated heterocycles. The van der Waals surface area contributed by atoms with Gasteiger partial charge in [-0.1, -0.05) is 30.3 Å². The third-order valence-corrected chi connectivity index (χ3v) is 5.08. The number of hydrogen-bond donors (Lipinski definition) is 1. The van der Waals surface area contributed by atoms with Crippen LogP contribution >= 0.6 is 0 Å². The Balaban J connectivity index is 1.80. The van der Waals surface area contributed by atoms with Gasteiger partial charge in [0.1, 0.15) is 23.0 Å². The number of carbonyl (C=O) groups is 1. The van der Waals surface area contributed by atoms with Crippen LogP contribution in [0.1, 0.15) is 5.56 Å². The van der Waals surface area contributed by atoms with Crippen LogP contribution < -0.4 is 14.2 Å². The van der Waals surface area contributed by atoms with Crippen LogP contribution in [-0.2, 0) is 4.79 Å². The van der Waals surface area contributed by atoms with Crippen molar-refractivity contribution in [2.24, 2.45) is 0 Å². The van der Waals surface area contributed by atoms with Crippen molar-refractivity contribution in [2.45, 2.75) is 0 Å². The zero-order valence-electron chi connectivity index (χ0n) is 17.7. The van der Waals surface area contributed by atoms with Gasteiger partial charge in [0.2, 0.25) is 0 Å². The molecule has 0 bridgehead atoms. The molecule has 0 heterocycles. The number of ether oxygens (including phenoxy) is 3. The quantitative estimate of drug-likeness (QED) is 0.346. The van der Waals surface area contributed by atoms with Gasteiger partial charge in [0, 0.05) is 17.0 Å². The highest BCUT2D eigenvalue weighted by molar-refractivity contribution is 5.96. The molecule has 4 aromatic carbocycles. The van der Waals surface area contributed by atoms with E-state index >= 15 is 0 Å². The van der Waals surface area contributed by atoms with E-state index in [0.717, 1.165) is 45.0 Å². The molecule has 0 spiro atoms. The Kier molecular flexibility index (Phi) is 6.08. The number of fused-ring (bicyclic) bond motifs is 1. The van der Waals surface area contributed by atoms with Crippen LogP contribution in [0.4, 0.5) is 0 Å². The van der Waals surface area contributed by atoms with Gasteiger partial charge in [-0.15, -0.1) is 0 Å². The second-order valence-corrected chi connectivity index (χ2v) is 7.10. The number of carboxylic acid groups (broad SMARTS) is 1. The van der Waals surface area contributed by atoms with Gasteiger partial charge in [-0.2, -0.15) is 0 Å². The zero-order valence-corrected chi connectivity index (χ0v) is 17.7. The molecule has 4 aromatic rings. The molecule has 0 aliphatic rings. The highest BCUT2D eigenvalue weighted by atomic mass is 16.5. The van der Waals surface area contributed by atoms with Crippen LogP contribution in [0.25, 0.3) is 28.0 Å². The molecule has 32 heavy (non-hydrogen) atoms. The summed E-state index contributed by atoms with van der Waals surface area (Å²) in [6, 6.07) is 25.0. The lowest BCUT2D eigenvalue weighted by atomic mass is 9.99. The molecular formula is C27H22O5. The first-order valence-corrected chi connectivity index (χ1v) is 10.0. The first-order chi connectivity index (χ1) is 15.6. The van der Waals surface area contributed by atoms with Gasteiger partial charge in [0.25, 0.3) is 0 Å².